The van der Waals surface area contributed by atoms with Gasteiger partial charge in [0.2, 0.25) is 0 Å². The first kappa shape index (κ1) is 7.56. The van der Waals surface area contributed by atoms with Crippen molar-refractivity contribution >= 4 is 23.4 Å². The summed E-state index contributed by atoms with van der Waals surface area (Å²) in [5.41, 5.74) is 7.17. The van der Waals surface area contributed by atoms with Gasteiger partial charge in [0, 0.05) is 0 Å². The molecule has 1 rings (SSSR count). The Balaban J connectivity index is 2.74. The van der Waals surface area contributed by atoms with Crippen molar-refractivity contribution in [3.05, 3.63) is 0 Å². The maximum absolute atomic E-state index is 5.59. The van der Waals surface area contributed by atoms with Crippen molar-refractivity contribution in [1.29, 1.82) is 0 Å². The Morgan fingerprint density at radius 2 is 2.50 bits per heavy atom. The normalized spacial score (nSPS) is 28.9. The fourth-order valence-corrected chi connectivity index (χ4v) is 1.33. The molecular formula is C5H9N3OS. The van der Waals surface area contributed by atoms with Crippen LogP contribution in [-0.2, 0) is 4.84 Å². The zero-order valence-corrected chi connectivity index (χ0v) is 6.68. The number of hydrogen-bond donors (Lipinski definition) is 1. The van der Waals surface area contributed by atoms with Crippen LogP contribution in [0.2, 0.25) is 0 Å². The summed E-state index contributed by atoms with van der Waals surface area (Å²) in [4.78, 5) is 4.58. The average Bonchev–Trinajstić information content (AvgIpc) is 2.20. The molecule has 10 heavy (non-hydrogen) atoms. The molecule has 1 unspecified atom stereocenters. The lowest BCUT2D eigenvalue weighted by Crippen LogP contribution is -2.27. The number of nitrogens with zero attached hydrogens (tertiary/aromatic N) is 2. The molecule has 1 atom stereocenters. The van der Waals surface area contributed by atoms with Crippen LogP contribution < -0.4 is 5.73 Å². The summed E-state index contributed by atoms with van der Waals surface area (Å²) in [6.45, 7) is 1.86. The number of nitrogens with two attached hydrogens (primary N) is 1. The molecule has 1 aliphatic rings. The first-order chi connectivity index (χ1) is 4.75. The van der Waals surface area contributed by atoms with Crippen LogP contribution in [-0.4, -0.2) is 23.9 Å². The van der Waals surface area contributed by atoms with E-state index in [1.807, 2.05) is 6.92 Å². The van der Waals surface area contributed by atoms with Crippen LogP contribution in [0.4, 0.5) is 0 Å². The molecule has 0 saturated carbocycles. The van der Waals surface area contributed by atoms with E-state index >= 15 is 0 Å². The molecule has 0 bridgehead atoms. The Bertz CT molecular complexity index is 189. The molecule has 0 amide bonds. The molecule has 0 aliphatic carbocycles. The largest absolute Gasteiger partial charge is 0.399 e. The Labute approximate surface area is 63.6 Å². The van der Waals surface area contributed by atoms with Crippen molar-refractivity contribution in [1.82, 2.24) is 0 Å². The highest BCUT2D eigenvalue weighted by Crippen LogP contribution is 2.18. The zero-order valence-electron chi connectivity index (χ0n) is 5.87. The Morgan fingerprint density at radius 1 is 1.80 bits per heavy atom. The molecule has 0 fully saturated rings. The molecule has 56 valence electrons. The second kappa shape index (κ2) is 3.03. The van der Waals surface area contributed by atoms with Crippen LogP contribution in [0.5, 0.6) is 0 Å². The van der Waals surface area contributed by atoms with E-state index in [9.17, 15) is 0 Å². The number of oxime groups is 1. The third-order valence-corrected chi connectivity index (χ3v) is 1.96. The lowest BCUT2D eigenvalue weighted by molar-refractivity contribution is 0.213. The number of hydrogen-bond acceptors (Lipinski definition) is 5. The minimum Gasteiger partial charge on any atom is -0.399 e. The van der Waals surface area contributed by atoms with E-state index in [-0.39, 0.29) is 5.37 Å². The fraction of sp³-hybridized carbons (Fsp3) is 0.600. The van der Waals surface area contributed by atoms with Gasteiger partial charge in [-0.05, 0) is 18.9 Å². The van der Waals surface area contributed by atoms with Gasteiger partial charge in [-0.15, -0.1) is 0 Å². The van der Waals surface area contributed by atoms with E-state index in [2.05, 4.69) is 14.4 Å². The molecule has 0 radical (unpaired) electrons. The number of rotatable bonds is 1. The quantitative estimate of drug-likeness (QED) is 0.445. The molecule has 4 nitrogen and oxygen atoms in total. The topological polar surface area (TPSA) is 60.0 Å². The van der Waals surface area contributed by atoms with Crippen molar-refractivity contribution in [2.45, 2.75) is 12.3 Å². The summed E-state index contributed by atoms with van der Waals surface area (Å²) in [6, 6.07) is 0. The van der Waals surface area contributed by atoms with Gasteiger partial charge in [0.1, 0.15) is 18.2 Å². The van der Waals surface area contributed by atoms with E-state index in [1.165, 1.54) is 19.1 Å². The monoisotopic (exact) mass is 159 g/mol. The van der Waals surface area contributed by atoms with Gasteiger partial charge in [-0.2, -0.15) is 0 Å². The van der Waals surface area contributed by atoms with Gasteiger partial charge < -0.3 is 10.6 Å². The van der Waals surface area contributed by atoms with E-state index in [4.69, 9.17) is 5.73 Å². The molecule has 1 aliphatic heterocycles. The highest BCUT2D eigenvalue weighted by atomic mass is 32.2. The molecule has 0 spiro atoms. The van der Waals surface area contributed by atoms with E-state index in [1.54, 1.807) is 0 Å². The smallest absolute Gasteiger partial charge is 0.130 e. The Morgan fingerprint density at radius 3 is 2.90 bits per heavy atom. The molecule has 5 heteroatoms. The third-order valence-electron chi connectivity index (χ3n) is 1.13. The first-order valence-electron chi connectivity index (χ1n) is 2.83. The second-order valence-electron chi connectivity index (χ2n) is 1.86. The molecule has 0 aromatic heterocycles. The van der Waals surface area contributed by atoms with Crippen molar-refractivity contribution in [3.8, 4) is 0 Å². The summed E-state index contributed by atoms with van der Waals surface area (Å²) < 4.78 is 4.01. The van der Waals surface area contributed by atoms with Crippen LogP contribution >= 0.6 is 11.9 Å². The van der Waals surface area contributed by atoms with Gasteiger partial charge in [-0.1, -0.05) is 5.16 Å². The predicted octanol–water partition coefficient (Wildman–Crippen LogP) is 0.396. The van der Waals surface area contributed by atoms with Gasteiger partial charge in [-0.3, -0.25) is 0 Å². The highest BCUT2D eigenvalue weighted by molar-refractivity contribution is 8.00. The average molecular weight is 159 g/mol. The minimum absolute atomic E-state index is 0.153. The summed E-state index contributed by atoms with van der Waals surface area (Å²) in [5.74, 6) is 0. The third kappa shape index (κ3) is 1.30. The van der Waals surface area contributed by atoms with Crippen molar-refractivity contribution in [3.63, 3.8) is 0 Å². The van der Waals surface area contributed by atoms with Crippen molar-refractivity contribution in [2.24, 2.45) is 15.3 Å². The molecule has 1 heterocycles. The zero-order chi connectivity index (χ0) is 7.56. The predicted molar refractivity (Wildman–Crippen MR) is 43.1 cm³/mol. The van der Waals surface area contributed by atoms with Crippen molar-refractivity contribution in [2.75, 3.05) is 7.11 Å². The second-order valence-corrected chi connectivity index (χ2v) is 2.76. The van der Waals surface area contributed by atoms with Gasteiger partial charge in [0.05, 0.1) is 5.71 Å². The summed E-state index contributed by atoms with van der Waals surface area (Å²) in [7, 11) is 1.50. The van der Waals surface area contributed by atoms with E-state index in [0.29, 0.717) is 0 Å². The van der Waals surface area contributed by atoms with Crippen LogP contribution in [0.25, 0.3) is 0 Å². The molecular weight excluding hydrogens is 150 g/mol. The lowest BCUT2D eigenvalue weighted by atomic mass is 10.2. The maximum Gasteiger partial charge on any atom is 0.130 e. The van der Waals surface area contributed by atoms with Crippen LogP contribution in [0.3, 0.4) is 0 Å². The molecule has 0 saturated heterocycles. The van der Waals surface area contributed by atoms with Gasteiger partial charge in [-0.25, -0.2) is 4.40 Å². The molecule has 0 aromatic rings. The van der Waals surface area contributed by atoms with E-state index in [0.717, 1.165) is 11.4 Å². The molecule has 0 aromatic carbocycles. The first-order valence-corrected chi connectivity index (χ1v) is 3.66. The Hall–Kier alpha value is -0.550. The lowest BCUT2D eigenvalue weighted by Gasteiger charge is -1.99. The molecule has 2 N–H and O–H groups in total. The van der Waals surface area contributed by atoms with Gasteiger partial charge >= 0.3 is 0 Å². The SMILES string of the molecule is CON=C1C(C)=NSC1N. The fourth-order valence-electron chi connectivity index (χ4n) is 0.655. The van der Waals surface area contributed by atoms with Crippen LogP contribution in [0, 0.1) is 0 Å². The van der Waals surface area contributed by atoms with Crippen LogP contribution in [0.15, 0.2) is 9.55 Å². The summed E-state index contributed by atoms with van der Waals surface area (Å²) in [5, 5.41) is 3.57. The van der Waals surface area contributed by atoms with Gasteiger partial charge in [0.15, 0.2) is 0 Å². The maximum atomic E-state index is 5.59. The highest BCUT2D eigenvalue weighted by Gasteiger charge is 2.21. The summed E-state index contributed by atoms with van der Waals surface area (Å²) >= 11 is 1.31. The van der Waals surface area contributed by atoms with E-state index < -0.39 is 0 Å². The summed E-state index contributed by atoms with van der Waals surface area (Å²) in [6.07, 6.45) is 0. The minimum atomic E-state index is -0.153. The standard InChI is InChI=1S/C5H9N3OS/c1-3-4(7-9-2)5(6)10-8-3/h5H,6H2,1-2H3. The van der Waals surface area contributed by atoms with Crippen LogP contribution in [0.1, 0.15) is 6.92 Å². The Kier molecular flexibility index (Phi) is 2.29. The van der Waals surface area contributed by atoms with Gasteiger partial charge in [0.25, 0.3) is 0 Å². The van der Waals surface area contributed by atoms with Crippen molar-refractivity contribution < 1.29 is 4.84 Å².